The van der Waals surface area contributed by atoms with Crippen LogP contribution >= 0.6 is 0 Å². The van der Waals surface area contributed by atoms with Gasteiger partial charge in [-0.2, -0.15) is 13.2 Å². The van der Waals surface area contributed by atoms with Gasteiger partial charge in [0.05, 0.1) is 11.8 Å². The molecule has 1 aromatic rings. The van der Waals surface area contributed by atoms with Crippen molar-refractivity contribution >= 4 is 17.6 Å². The minimum atomic E-state index is -4.61. The SMILES string of the molecule is CC(C)(C)[S+]([O-])/N=C/c1cc(F)ccc1C(F)(F)F. The maximum absolute atomic E-state index is 13.0. The molecule has 19 heavy (non-hydrogen) atoms. The van der Waals surface area contributed by atoms with Crippen LogP contribution in [0.3, 0.4) is 0 Å². The maximum Gasteiger partial charge on any atom is 0.417 e. The molecule has 0 fully saturated rings. The highest BCUT2D eigenvalue weighted by Crippen LogP contribution is 2.31. The Kier molecular flexibility index (Phi) is 4.63. The van der Waals surface area contributed by atoms with Gasteiger partial charge in [0.25, 0.3) is 0 Å². The van der Waals surface area contributed by atoms with Gasteiger partial charge in [-0.15, -0.1) is 0 Å². The summed E-state index contributed by atoms with van der Waals surface area (Å²) in [5.74, 6) is -0.809. The normalized spacial score (nSPS) is 14.9. The Balaban J connectivity index is 3.13. The molecule has 1 rings (SSSR count). The van der Waals surface area contributed by atoms with Gasteiger partial charge in [-0.25, -0.2) is 4.39 Å². The van der Waals surface area contributed by atoms with Crippen LogP contribution in [0.4, 0.5) is 17.6 Å². The molecule has 106 valence electrons. The van der Waals surface area contributed by atoms with Crippen LogP contribution < -0.4 is 0 Å². The third-order valence-corrected chi connectivity index (χ3v) is 3.48. The molecule has 0 saturated heterocycles. The monoisotopic (exact) mass is 295 g/mol. The van der Waals surface area contributed by atoms with E-state index in [4.69, 9.17) is 0 Å². The molecule has 7 heteroatoms. The van der Waals surface area contributed by atoms with E-state index >= 15 is 0 Å². The second-order valence-electron chi connectivity index (χ2n) is 4.83. The summed E-state index contributed by atoms with van der Waals surface area (Å²) in [4.78, 5) is 0. The van der Waals surface area contributed by atoms with Crippen molar-refractivity contribution in [3.63, 3.8) is 0 Å². The lowest BCUT2D eigenvalue weighted by molar-refractivity contribution is -0.137. The van der Waals surface area contributed by atoms with Crippen molar-refractivity contribution in [3.05, 3.63) is 35.1 Å². The summed E-state index contributed by atoms with van der Waals surface area (Å²) < 4.78 is 65.5. The summed E-state index contributed by atoms with van der Waals surface area (Å²) in [6.07, 6.45) is -3.81. The van der Waals surface area contributed by atoms with Crippen LogP contribution in [0.25, 0.3) is 0 Å². The third kappa shape index (κ3) is 4.50. The van der Waals surface area contributed by atoms with Crippen LogP contribution in [-0.2, 0) is 17.5 Å². The summed E-state index contributed by atoms with van der Waals surface area (Å²) in [7, 11) is 0. The molecule has 1 aromatic carbocycles. The van der Waals surface area contributed by atoms with Crippen LogP contribution in [0.1, 0.15) is 31.9 Å². The highest BCUT2D eigenvalue weighted by atomic mass is 32.2. The number of hydrogen-bond acceptors (Lipinski definition) is 2. The molecule has 0 amide bonds. The fraction of sp³-hybridized carbons (Fsp3) is 0.417. The first kappa shape index (κ1) is 16.0. The van der Waals surface area contributed by atoms with Gasteiger partial charge in [0.15, 0.2) is 0 Å². The molecular weight excluding hydrogens is 282 g/mol. The molecule has 0 aliphatic rings. The lowest BCUT2D eigenvalue weighted by Gasteiger charge is -2.18. The van der Waals surface area contributed by atoms with E-state index in [9.17, 15) is 22.1 Å². The smallest absolute Gasteiger partial charge is 0.417 e. The summed E-state index contributed by atoms with van der Waals surface area (Å²) in [6, 6.07) is 2.07. The van der Waals surface area contributed by atoms with Crippen LogP contribution in [0.5, 0.6) is 0 Å². The molecule has 0 aliphatic heterocycles. The van der Waals surface area contributed by atoms with Crippen molar-refractivity contribution in [1.29, 1.82) is 0 Å². The molecular formula is C12H13F4NOS. The summed E-state index contributed by atoms with van der Waals surface area (Å²) in [5, 5.41) is 0. The molecule has 0 aliphatic carbocycles. The van der Waals surface area contributed by atoms with E-state index in [1.807, 2.05) is 0 Å². The number of hydrogen-bond donors (Lipinski definition) is 0. The second-order valence-corrected chi connectivity index (χ2v) is 6.76. The third-order valence-electron chi connectivity index (χ3n) is 2.13. The second kappa shape index (κ2) is 5.50. The lowest BCUT2D eigenvalue weighted by atomic mass is 10.1. The van der Waals surface area contributed by atoms with Crippen molar-refractivity contribution in [2.24, 2.45) is 4.40 Å². The Morgan fingerprint density at radius 1 is 1.21 bits per heavy atom. The van der Waals surface area contributed by atoms with Crippen molar-refractivity contribution in [2.45, 2.75) is 31.7 Å². The first-order chi connectivity index (χ1) is 8.51. The standard InChI is InChI=1S/C12H13F4NOS/c1-11(2,3)19(18)17-7-8-6-9(13)4-5-10(8)12(14,15)16/h4-7H,1-3H3/b17-7+. The number of benzene rings is 1. The molecule has 0 radical (unpaired) electrons. The summed E-state index contributed by atoms with van der Waals surface area (Å²) in [6.45, 7) is 4.91. The first-order valence-electron chi connectivity index (χ1n) is 5.34. The molecule has 2 nitrogen and oxygen atoms in total. The van der Waals surface area contributed by atoms with E-state index in [-0.39, 0.29) is 0 Å². The van der Waals surface area contributed by atoms with Crippen LogP contribution in [0.2, 0.25) is 0 Å². The molecule has 0 aromatic heterocycles. The van der Waals surface area contributed by atoms with E-state index in [1.165, 1.54) is 0 Å². The molecule has 0 heterocycles. The molecule has 0 bridgehead atoms. The Morgan fingerprint density at radius 2 is 1.79 bits per heavy atom. The largest absolute Gasteiger partial charge is 0.591 e. The minimum absolute atomic E-state index is 0.440. The lowest BCUT2D eigenvalue weighted by Crippen LogP contribution is -2.26. The Hall–Kier alpha value is -1.08. The van der Waals surface area contributed by atoms with Gasteiger partial charge in [0, 0.05) is 5.56 Å². The van der Waals surface area contributed by atoms with E-state index in [0.717, 1.165) is 12.3 Å². The molecule has 1 atom stereocenters. The van der Waals surface area contributed by atoms with E-state index in [1.54, 1.807) is 20.8 Å². The van der Waals surface area contributed by atoms with E-state index in [2.05, 4.69) is 4.40 Å². The predicted octanol–water partition coefficient (Wildman–Crippen LogP) is 3.73. The Morgan fingerprint density at radius 3 is 2.26 bits per heavy atom. The zero-order valence-corrected chi connectivity index (χ0v) is 11.4. The highest BCUT2D eigenvalue weighted by Gasteiger charge is 2.33. The number of alkyl halides is 3. The van der Waals surface area contributed by atoms with Crippen molar-refractivity contribution in [3.8, 4) is 0 Å². The number of halogens is 4. The maximum atomic E-state index is 13.0. The summed E-state index contributed by atoms with van der Waals surface area (Å²) in [5.41, 5.74) is -1.45. The van der Waals surface area contributed by atoms with Crippen molar-refractivity contribution in [2.75, 3.05) is 0 Å². The van der Waals surface area contributed by atoms with Crippen molar-refractivity contribution < 1.29 is 22.1 Å². The minimum Gasteiger partial charge on any atom is -0.591 e. The Labute approximate surface area is 111 Å². The van der Waals surface area contributed by atoms with Gasteiger partial charge in [-0.1, -0.05) is 4.40 Å². The van der Waals surface area contributed by atoms with Gasteiger partial charge >= 0.3 is 6.18 Å². The van der Waals surface area contributed by atoms with Crippen LogP contribution in [0.15, 0.2) is 22.6 Å². The first-order valence-corrected chi connectivity index (χ1v) is 6.45. The van der Waals surface area contributed by atoms with Gasteiger partial charge in [-0.05, 0) is 39.0 Å². The number of rotatable bonds is 2. The van der Waals surface area contributed by atoms with Crippen molar-refractivity contribution in [1.82, 2.24) is 0 Å². The van der Waals surface area contributed by atoms with Gasteiger partial charge in [-0.3, -0.25) is 0 Å². The van der Waals surface area contributed by atoms with Crippen LogP contribution in [-0.4, -0.2) is 15.5 Å². The van der Waals surface area contributed by atoms with E-state index in [0.29, 0.717) is 12.1 Å². The average Bonchev–Trinajstić information content (AvgIpc) is 2.22. The fourth-order valence-corrected chi connectivity index (χ4v) is 1.69. The van der Waals surface area contributed by atoms with Gasteiger partial charge in [0.2, 0.25) is 0 Å². The zero-order valence-electron chi connectivity index (χ0n) is 10.6. The topological polar surface area (TPSA) is 35.4 Å². The predicted molar refractivity (Wildman–Crippen MR) is 66.9 cm³/mol. The molecule has 1 unspecified atom stereocenters. The molecule has 0 N–H and O–H groups in total. The van der Waals surface area contributed by atoms with Gasteiger partial charge in [0.1, 0.15) is 21.9 Å². The average molecular weight is 295 g/mol. The van der Waals surface area contributed by atoms with Gasteiger partial charge < -0.3 is 4.55 Å². The highest BCUT2D eigenvalue weighted by molar-refractivity contribution is 7.91. The number of nitrogens with zero attached hydrogens (tertiary/aromatic N) is 1. The fourth-order valence-electron chi connectivity index (χ4n) is 1.16. The van der Waals surface area contributed by atoms with Crippen LogP contribution in [0, 0.1) is 5.82 Å². The molecule has 0 saturated carbocycles. The Bertz CT molecular complexity index is 480. The molecule has 0 spiro atoms. The summed E-state index contributed by atoms with van der Waals surface area (Å²) >= 11 is -1.70. The zero-order chi connectivity index (χ0) is 14.8. The van der Waals surface area contributed by atoms with E-state index < -0.39 is 39.2 Å². The quantitative estimate of drug-likeness (QED) is 0.465.